The highest BCUT2D eigenvalue weighted by atomic mass is 16.5. The second kappa shape index (κ2) is 5.46. The summed E-state index contributed by atoms with van der Waals surface area (Å²) in [6, 6.07) is 7.77. The van der Waals surface area contributed by atoms with Gasteiger partial charge >= 0.3 is 0 Å². The first-order chi connectivity index (χ1) is 12.7. The zero-order chi connectivity index (χ0) is 17.3. The predicted molar refractivity (Wildman–Crippen MR) is 97.6 cm³/mol. The monoisotopic (exact) mass is 353 g/mol. The fourth-order valence-corrected chi connectivity index (χ4v) is 5.54. The lowest BCUT2D eigenvalue weighted by Gasteiger charge is -2.45. The second-order valence-corrected chi connectivity index (χ2v) is 9.07. The van der Waals surface area contributed by atoms with E-state index >= 15 is 0 Å². The summed E-state index contributed by atoms with van der Waals surface area (Å²) < 4.78 is 6.49. The Morgan fingerprint density at radius 1 is 1.19 bits per heavy atom. The number of nitrogens with zero attached hydrogens (tertiary/aromatic N) is 1. The lowest BCUT2D eigenvalue weighted by molar-refractivity contribution is -0.125. The van der Waals surface area contributed by atoms with Crippen molar-refractivity contribution >= 4 is 5.91 Å². The van der Waals surface area contributed by atoms with Crippen LogP contribution in [0.25, 0.3) is 0 Å². The number of piperidine rings is 1. The van der Waals surface area contributed by atoms with Crippen LogP contribution in [-0.2, 0) is 11.2 Å². The van der Waals surface area contributed by atoms with Gasteiger partial charge in [0.25, 0.3) is 0 Å². The maximum absolute atomic E-state index is 11.7. The number of fused-ring (bicyclic) bond motifs is 2. The maximum Gasteiger partial charge on any atom is 0.237 e. The normalized spacial score (nSPS) is 35.2. The molecule has 4 fully saturated rings. The molecule has 2 aliphatic carbocycles. The number of hydrazine groups is 1. The number of hydrogen-bond acceptors (Lipinski definition) is 4. The summed E-state index contributed by atoms with van der Waals surface area (Å²) in [5, 5.41) is 0. The summed E-state index contributed by atoms with van der Waals surface area (Å²) in [6.07, 6.45) is 8.55. The highest BCUT2D eigenvalue weighted by Gasteiger charge is 2.52. The third-order valence-electron chi connectivity index (χ3n) is 7.54. The highest BCUT2D eigenvalue weighted by molar-refractivity contribution is 5.82. The zero-order valence-corrected chi connectivity index (χ0v) is 15.2. The predicted octanol–water partition coefficient (Wildman–Crippen LogP) is 2.32. The van der Waals surface area contributed by atoms with E-state index in [1.165, 1.54) is 43.5 Å². The minimum Gasteiger partial charge on any atom is -0.487 e. The molecule has 2 saturated carbocycles. The number of hydrogen-bond donors (Lipinski definition) is 2. The van der Waals surface area contributed by atoms with Gasteiger partial charge in [0.05, 0.1) is 6.04 Å². The van der Waals surface area contributed by atoms with Gasteiger partial charge in [-0.1, -0.05) is 18.6 Å². The lowest BCUT2D eigenvalue weighted by Crippen LogP contribution is -2.52. The quantitative estimate of drug-likeness (QED) is 0.857. The van der Waals surface area contributed by atoms with Crippen molar-refractivity contribution in [2.45, 2.75) is 62.6 Å². The van der Waals surface area contributed by atoms with Crippen LogP contribution in [0, 0.1) is 11.8 Å². The van der Waals surface area contributed by atoms with Crippen LogP contribution in [0.1, 0.15) is 55.7 Å². The maximum atomic E-state index is 11.7. The van der Waals surface area contributed by atoms with Crippen LogP contribution in [0.4, 0.5) is 0 Å². The number of likely N-dealkylation sites (tertiary alicyclic amines) is 1. The van der Waals surface area contributed by atoms with Gasteiger partial charge in [-0.15, -0.1) is 0 Å². The van der Waals surface area contributed by atoms with E-state index in [4.69, 9.17) is 4.74 Å². The number of carbonyl (C=O) groups is 1. The SMILES string of the molecule is O=C1NNC(c2ccc3c(c2)CC2(CCN(C4CCC4)CC2)O3)C2CC12. The van der Waals surface area contributed by atoms with Crippen LogP contribution in [-0.4, -0.2) is 35.5 Å². The van der Waals surface area contributed by atoms with E-state index < -0.39 is 0 Å². The summed E-state index contributed by atoms with van der Waals surface area (Å²) in [6.45, 7) is 2.37. The molecule has 5 heteroatoms. The summed E-state index contributed by atoms with van der Waals surface area (Å²) in [5.41, 5.74) is 8.75. The summed E-state index contributed by atoms with van der Waals surface area (Å²) in [5.74, 6) is 1.92. The average Bonchev–Trinajstić information content (AvgIpc) is 3.32. The van der Waals surface area contributed by atoms with E-state index in [9.17, 15) is 4.79 Å². The molecule has 5 aliphatic rings. The number of carbonyl (C=O) groups excluding carboxylic acids is 1. The van der Waals surface area contributed by atoms with Gasteiger partial charge in [0, 0.05) is 44.3 Å². The molecule has 3 heterocycles. The van der Waals surface area contributed by atoms with E-state index in [1.54, 1.807) is 0 Å². The van der Waals surface area contributed by atoms with E-state index in [0.717, 1.165) is 37.5 Å². The molecular formula is C21H27N3O2. The fourth-order valence-electron chi connectivity index (χ4n) is 5.54. The third kappa shape index (κ3) is 2.33. The van der Waals surface area contributed by atoms with E-state index in [0.29, 0.717) is 5.92 Å². The van der Waals surface area contributed by atoms with E-state index in [2.05, 4.69) is 34.0 Å². The Morgan fingerprint density at radius 3 is 2.81 bits per heavy atom. The molecule has 1 spiro atoms. The van der Waals surface area contributed by atoms with Gasteiger partial charge < -0.3 is 9.64 Å². The van der Waals surface area contributed by atoms with Crippen LogP contribution >= 0.6 is 0 Å². The van der Waals surface area contributed by atoms with E-state index in [1.807, 2.05) is 0 Å². The molecular weight excluding hydrogens is 326 g/mol. The van der Waals surface area contributed by atoms with Crippen molar-refractivity contribution in [3.05, 3.63) is 29.3 Å². The first-order valence-corrected chi connectivity index (χ1v) is 10.3. The Balaban J connectivity index is 1.17. The van der Waals surface area contributed by atoms with Gasteiger partial charge in [-0.2, -0.15) is 0 Å². The Morgan fingerprint density at radius 2 is 2.04 bits per heavy atom. The fraction of sp³-hybridized carbons (Fsp3) is 0.667. The van der Waals surface area contributed by atoms with Crippen molar-refractivity contribution in [3.8, 4) is 5.75 Å². The minimum absolute atomic E-state index is 0.0253. The molecule has 1 aromatic carbocycles. The smallest absolute Gasteiger partial charge is 0.237 e. The van der Waals surface area contributed by atoms with Gasteiger partial charge in [0.15, 0.2) is 0 Å². The largest absolute Gasteiger partial charge is 0.487 e. The third-order valence-corrected chi connectivity index (χ3v) is 7.54. The molecule has 0 radical (unpaired) electrons. The molecule has 6 rings (SSSR count). The van der Waals surface area contributed by atoms with Crippen molar-refractivity contribution in [3.63, 3.8) is 0 Å². The first kappa shape index (κ1) is 15.5. The van der Waals surface area contributed by atoms with Gasteiger partial charge in [-0.25, -0.2) is 5.43 Å². The number of rotatable bonds is 2. The highest BCUT2D eigenvalue weighted by Crippen LogP contribution is 2.50. The van der Waals surface area contributed by atoms with E-state index in [-0.39, 0.29) is 23.5 Å². The molecule has 2 saturated heterocycles. The minimum atomic E-state index is 0.0253. The average molecular weight is 353 g/mol. The number of nitrogens with one attached hydrogen (secondary N) is 2. The van der Waals surface area contributed by atoms with Gasteiger partial charge in [0.1, 0.15) is 11.4 Å². The van der Waals surface area contributed by atoms with Crippen LogP contribution < -0.4 is 15.6 Å². The Kier molecular flexibility index (Phi) is 3.25. The van der Waals surface area contributed by atoms with Crippen LogP contribution in [0.5, 0.6) is 5.75 Å². The molecule has 0 aromatic heterocycles. The first-order valence-electron chi connectivity index (χ1n) is 10.3. The molecule has 1 amide bonds. The molecule has 2 N–H and O–H groups in total. The molecule has 3 unspecified atom stereocenters. The Bertz CT molecular complexity index is 752. The zero-order valence-electron chi connectivity index (χ0n) is 15.2. The molecule has 26 heavy (non-hydrogen) atoms. The summed E-state index contributed by atoms with van der Waals surface area (Å²) >= 11 is 0. The summed E-state index contributed by atoms with van der Waals surface area (Å²) in [4.78, 5) is 14.4. The Labute approximate surface area is 154 Å². The van der Waals surface area contributed by atoms with Crippen molar-refractivity contribution < 1.29 is 9.53 Å². The molecule has 3 aliphatic heterocycles. The van der Waals surface area contributed by atoms with Crippen molar-refractivity contribution in [1.29, 1.82) is 0 Å². The number of amides is 1. The molecule has 1 aromatic rings. The molecule has 5 nitrogen and oxygen atoms in total. The molecule has 0 bridgehead atoms. The second-order valence-electron chi connectivity index (χ2n) is 9.07. The summed E-state index contributed by atoms with van der Waals surface area (Å²) in [7, 11) is 0. The van der Waals surface area contributed by atoms with Crippen molar-refractivity contribution in [1.82, 2.24) is 15.8 Å². The molecule has 138 valence electrons. The van der Waals surface area contributed by atoms with Crippen molar-refractivity contribution in [2.24, 2.45) is 11.8 Å². The van der Waals surface area contributed by atoms with Crippen molar-refractivity contribution in [2.75, 3.05) is 13.1 Å². The number of benzene rings is 1. The number of ether oxygens (including phenoxy) is 1. The standard InChI is InChI=1S/C21H27N3O2/c25-20-17-11-16(17)19(22-23-20)13-4-5-18-14(10-13)12-21(26-18)6-8-24(9-7-21)15-2-1-3-15/h4-5,10,15-17,19,22H,1-3,6-9,11-12H2,(H,23,25). The van der Waals surface area contributed by atoms with Crippen LogP contribution in [0.2, 0.25) is 0 Å². The van der Waals surface area contributed by atoms with Gasteiger partial charge in [0.2, 0.25) is 5.91 Å². The molecule has 3 atom stereocenters. The van der Waals surface area contributed by atoms with Gasteiger partial charge in [-0.05, 0) is 42.4 Å². The van der Waals surface area contributed by atoms with Crippen LogP contribution in [0.15, 0.2) is 18.2 Å². The topological polar surface area (TPSA) is 53.6 Å². The lowest BCUT2D eigenvalue weighted by atomic mass is 9.83. The van der Waals surface area contributed by atoms with Crippen LogP contribution in [0.3, 0.4) is 0 Å². The van der Waals surface area contributed by atoms with Gasteiger partial charge in [-0.3, -0.25) is 10.2 Å². The Hall–Kier alpha value is -1.59.